The molecular formula is C25H23N7O3. The molecular weight excluding hydrogens is 446 g/mol. The fourth-order valence-corrected chi connectivity index (χ4v) is 4.16. The molecule has 0 bridgehead atoms. The van der Waals surface area contributed by atoms with E-state index in [1.54, 1.807) is 29.2 Å². The van der Waals surface area contributed by atoms with Gasteiger partial charge in [0.15, 0.2) is 11.6 Å². The van der Waals surface area contributed by atoms with E-state index in [2.05, 4.69) is 25.4 Å². The molecule has 2 aromatic heterocycles. The molecule has 1 aliphatic heterocycles. The predicted octanol–water partition coefficient (Wildman–Crippen LogP) is 2.45. The van der Waals surface area contributed by atoms with E-state index in [1.807, 2.05) is 24.3 Å². The van der Waals surface area contributed by atoms with Gasteiger partial charge in [0.25, 0.3) is 11.8 Å². The van der Waals surface area contributed by atoms with E-state index in [0.29, 0.717) is 48.4 Å². The lowest BCUT2D eigenvalue weighted by Crippen LogP contribution is -2.46. The zero-order chi connectivity index (χ0) is 24.4. The number of nitrogens with one attached hydrogen (secondary N) is 1. The fraction of sp³-hybridized carbons (Fsp3) is 0.240. The number of likely N-dealkylation sites (tertiary alicyclic amines) is 1. The maximum Gasteiger partial charge on any atom is 0.289 e. The molecule has 3 heterocycles. The van der Waals surface area contributed by atoms with Gasteiger partial charge in [-0.15, -0.1) is 0 Å². The van der Waals surface area contributed by atoms with Crippen molar-refractivity contribution in [2.45, 2.75) is 25.8 Å². The minimum Gasteiger partial charge on any atom is -0.346 e. The summed E-state index contributed by atoms with van der Waals surface area (Å²) >= 11 is 0. The molecule has 176 valence electrons. The van der Waals surface area contributed by atoms with Crippen LogP contribution < -0.4 is 5.32 Å². The smallest absolute Gasteiger partial charge is 0.289 e. The van der Waals surface area contributed by atoms with Crippen molar-refractivity contribution in [1.82, 2.24) is 34.9 Å². The van der Waals surface area contributed by atoms with Gasteiger partial charge in [0.05, 0.1) is 5.52 Å². The molecule has 0 atom stereocenters. The van der Waals surface area contributed by atoms with Crippen LogP contribution >= 0.6 is 0 Å². The highest BCUT2D eigenvalue weighted by Gasteiger charge is 2.26. The number of nitrogens with zero attached hydrogens (tertiary/aromatic N) is 6. The highest BCUT2D eigenvalue weighted by molar-refractivity contribution is 5.98. The van der Waals surface area contributed by atoms with Crippen molar-refractivity contribution < 1.29 is 14.4 Å². The second-order valence-electron chi connectivity index (χ2n) is 8.40. The predicted molar refractivity (Wildman–Crippen MR) is 127 cm³/mol. The normalized spacial score (nSPS) is 14.1. The summed E-state index contributed by atoms with van der Waals surface area (Å²) in [7, 11) is 0. The first-order valence-electron chi connectivity index (χ1n) is 11.3. The van der Waals surface area contributed by atoms with Crippen molar-refractivity contribution in [3.8, 4) is 5.82 Å². The Morgan fingerprint density at radius 2 is 1.66 bits per heavy atom. The summed E-state index contributed by atoms with van der Waals surface area (Å²) in [5, 5.41) is 7.91. The number of carbonyl (C=O) groups is 3. The van der Waals surface area contributed by atoms with Gasteiger partial charge in [0.2, 0.25) is 5.82 Å². The Kier molecular flexibility index (Phi) is 6.01. The average molecular weight is 470 g/mol. The molecule has 35 heavy (non-hydrogen) atoms. The third-order valence-electron chi connectivity index (χ3n) is 6.08. The van der Waals surface area contributed by atoms with Gasteiger partial charge in [0.1, 0.15) is 12.7 Å². The number of ketones is 1. The van der Waals surface area contributed by atoms with Crippen LogP contribution in [0.15, 0.2) is 61.2 Å². The van der Waals surface area contributed by atoms with Crippen LogP contribution in [0.3, 0.4) is 0 Å². The molecule has 1 N–H and O–H groups in total. The highest BCUT2D eigenvalue weighted by Crippen LogP contribution is 2.19. The number of benzene rings is 2. The summed E-state index contributed by atoms with van der Waals surface area (Å²) in [4.78, 5) is 51.9. The minimum absolute atomic E-state index is 0.0376. The SMILES string of the molecule is CC(=O)c1ccc(C(=O)N2CCC(NC(=O)c3nc(-n4cncn4)c4ccccc4n3)CC2)cc1. The molecule has 1 aliphatic rings. The first-order chi connectivity index (χ1) is 17.0. The lowest BCUT2D eigenvalue weighted by Gasteiger charge is -2.32. The van der Waals surface area contributed by atoms with Gasteiger partial charge in [-0.25, -0.2) is 19.6 Å². The van der Waals surface area contributed by atoms with Gasteiger partial charge in [-0.05, 0) is 44.0 Å². The largest absolute Gasteiger partial charge is 0.346 e. The molecule has 10 heteroatoms. The van der Waals surface area contributed by atoms with E-state index < -0.39 is 0 Å². The molecule has 0 radical (unpaired) electrons. The van der Waals surface area contributed by atoms with E-state index in [1.165, 1.54) is 24.3 Å². The number of fused-ring (bicyclic) bond motifs is 1. The molecule has 0 saturated carbocycles. The van der Waals surface area contributed by atoms with Crippen LogP contribution in [0.5, 0.6) is 0 Å². The monoisotopic (exact) mass is 469 g/mol. The molecule has 10 nitrogen and oxygen atoms in total. The van der Waals surface area contributed by atoms with E-state index in [9.17, 15) is 14.4 Å². The number of rotatable bonds is 5. The summed E-state index contributed by atoms with van der Waals surface area (Å²) in [6.07, 6.45) is 4.17. The van der Waals surface area contributed by atoms with E-state index >= 15 is 0 Å². The first-order valence-corrected chi connectivity index (χ1v) is 11.3. The molecule has 2 aromatic carbocycles. The molecule has 0 unspecified atom stereocenters. The van der Waals surface area contributed by atoms with Crippen LogP contribution in [-0.2, 0) is 0 Å². The second kappa shape index (κ2) is 9.41. The second-order valence-corrected chi connectivity index (χ2v) is 8.40. The summed E-state index contributed by atoms with van der Waals surface area (Å²) in [5.41, 5.74) is 1.75. The zero-order valence-corrected chi connectivity index (χ0v) is 19.1. The zero-order valence-electron chi connectivity index (χ0n) is 19.1. The summed E-state index contributed by atoms with van der Waals surface area (Å²) in [5.74, 6) is 0.0408. The van der Waals surface area contributed by atoms with Crippen molar-refractivity contribution in [2.75, 3.05) is 13.1 Å². The number of hydrogen-bond acceptors (Lipinski definition) is 7. The lowest BCUT2D eigenvalue weighted by molar-refractivity contribution is 0.0696. The van der Waals surface area contributed by atoms with Gasteiger partial charge in [-0.1, -0.05) is 24.3 Å². The fourth-order valence-electron chi connectivity index (χ4n) is 4.16. The molecule has 1 fully saturated rings. The Hall–Kier alpha value is -4.47. The van der Waals surface area contributed by atoms with Crippen molar-refractivity contribution >= 4 is 28.5 Å². The maximum atomic E-state index is 13.0. The van der Waals surface area contributed by atoms with Crippen LogP contribution in [0.1, 0.15) is 51.1 Å². The standard InChI is InChI=1S/C25H23N7O3/c1-16(33)17-6-8-18(9-7-17)25(35)31-12-10-19(11-13-31)28-24(34)22-29-21-5-3-2-4-20(21)23(30-22)32-15-26-14-27-32/h2-9,14-15,19H,10-13H2,1H3,(H,28,34). The molecule has 0 aliphatic carbocycles. The first kappa shape index (κ1) is 22.3. The Morgan fingerprint density at radius 3 is 2.34 bits per heavy atom. The van der Waals surface area contributed by atoms with Crippen LogP contribution in [0, 0.1) is 0 Å². The number of Topliss-reactive ketones (excluding diaryl/α,β-unsaturated/α-hetero) is 1. The van der Waals surface area contributed by atoms with Gasteiger partial charge >= 0.3 is 0 Å². The Bertz CT molecular complexity index is 1390. The van der Waals surface area contributed by atoms with Gasteiger partial charge in [0, 0.05) is 35.6 Å². The number of carbonyl (C=O) groups excluding carboxylic acids is 3. The molecule has 0 spiro atoms. The Morgan fingerprint density at radius 1 is 0.943 bits per heavy atom. The van der Waals surface area contributed by atoms with Crippen LogP contribution in [-0.4, -0.2) is 66.4 Å². The number of amides is 2. The molecule has 1 saturated heterocycles. The van der Waals surface area contributed by atoms with Crippen molar-refractivity contribution in [3.05, 3.63) is 78.1 Å². The maximum absolute atomic E-state index is 13.0. The van der Waals surface area contributed by atoms with Crippen LogP contribution in [0.25, 0.3) is 16.7 Å². The van der Waals surface area contributed by atoms with Crippen molar-refractivity contribution in [2.24, 2.45) is 0 Å². The Balaban J connectivity index is 1.25. The van der Waals surface area contributed by atoms with Gasteiger partial charge in [-0.2, -0.15) is 5.10 Å². The number of para-hydroxylation sites is 1. The third-order valence-corrected chi connectivity index (χ3v) is 6.08. The van der Waals surface area contributed by atoms with E-state index in [0.717, 1.165) is 5.39 Å². The average Bonchev–Trinajstić information content (AvgIpc) is 3.43. The Labute approximate surface area is 201 Å². The number of hydrogen-bond donors (Lipinski definition) is 1. The quantitative estimate of drug-likeness (QED) is 0.445. The minimum atomic E-state index is -0.373. The van der Waals surface area contributed by atoms with Gasteiger partial charge in [-0.3, -0.25) is 14.4 Å². The van der Waals surface area contributed by atoms with E-state index in [-0.39, 0.29) is 29.5 Å². The van der Waals surface area contributed by atoms with Crippen LogP contribution in [0.4, 0.5) is 0 Å². The number of aromatic nitrogens is 5. The van der Waals surface area contributed by atoms with Crippen molar-refractivity contribution in [1.29, 1.82) is 0 Å². The third kappa shape index (κ3) is 4.63. The topological polar surface area (TPSA) is 123 Å². The van der Waals surface area contributed by atoms with Gasteiger partial charge < -0.3 is 10.2 Å². The summed E-state index contributed by atoms with van der Waals surface area (Å²) in [6.45, 7) is 2.52. The highest BCUT2D eigenvalue weighted by atomic mass is 16.2. The van der Waals surface area contributed by atoms with Crippen molar-refractivity contribution in [3.63, 3.8) is 0 Å². The van der Waals surface area contributed by atoms with E-state index in [4.69, 9.17) is 0 Å². The number of piperidine rings is 1. The molecule has 2 amide bonds. The summed E-state index contributed by atoms with van der Waals surface area (Å²) < 4.78 is 1.51. The summed E-state index contributed by atoms with van der Waals surface area (Å²) in [6, 6.07) is 14.0. The lowest BCUT2D eigenvalue weighted by atomic mass is 10.0. The molecule has 5 rings (SSSR count). The molecule has 4 aromatic rings. The van der Waals surface area contributed by atoms with Crippen LogP contribution in [0.2, 0.25) is 0 Å².